The van der Waals surface area contributed by atoms with Gasteiger partial charge in [0.15, 0.2) is 0 Å². The predicted molar refractivity (Wildman–Crippen MR) is 73.5 cm³/mol. The van der Waals surface area contributed by atoms with Gasteiger partial charge in [-0.1, -0.05) is 24.5 Å². The number of aliphatic hydroxyl groups excluding tert-OH is 1. The zero-order valence-corrected chi connectivity index (χ0v) is 11.7. The van der Waals surface area contributed by atoms with Crippen molar-refractivity contribution in [1.82, 2.24) is 20.3 Å². The van der Waals surface area contributed by atoms with E-state index in [0.717, 1.165) is 25.7 Å². The quantitative estimate of drug-likeness (QED) is 0.669. The van der Waals surface area contributed by atoms with Crippen LogP contribution in [0.1, 0.15) is 37.8 Å². The first-order valence-electron chi connectivity index (χ1n) is 7.14. The van der Waals surface area contributed by atoms with Crippen LogP contribution in [0.2, 0.25) is 0 Å². The highest BCUT2D eigenvalue weighted by atomic mass is 16.3. The third kappa shape index (κ3) is 3.77. The van der Waals surface area contributed by atoms with Crippen molar-refractivity contribution in [2.45, 2.75) is 45.2 Å². The SMILES string of the molecule is NCc1cn(CC(=O)NCC2(CO)CCCCC2)nn1. The Kier molecular flexibility index (Phi) is 5.08. The topological polar surface area (TPSA) is 106 Å². The van der Waals surface area contributed by atoms with Crippen LogP contribution >= 0.6 is 0 Å². The highest BCUT2D eigenvalue weighted by Crippen LogP contribution is 2.35. The minimum absolute atomic E-state index is 0.114. The molecular weight excluding hydrogens is 258 g/mol. The summed E-state index contributed by atoms with van der Waals surface area (Å²) in [5.41, 5.74) is 5.96. The summed E-state index contributed by atoms with van der Waals surface area (Å²) >= 11 is 0. The molecular formula is C13H23N5O2. The monoisotopic (exact) mass is 281 g/mol. The lowest BCUT2D eigenvalue weighted by atomic mass is 9.74. The number of carbonyl (C=O) groups is 1. The minimum atomic E-state index is -0.140. The van der Waals surface area contributed by atoms with Crippen molar-refractivity contribution in [1.29, 1.82) is 0 Å². The average Bonchev–Trinajstić information content (AvgIpc) is 2.94. The van der Waals surface area contributed by atoms with Crippen LogP contribution in [0.25, 0.3) is 0 Å². The van der Waals surface area contributed by atoms with E-state index < -0.39 is 0 Å². The number of rotatable bonds is 6. The van der Waals surface area contributed by atoms with E-state index in [1.807, 2.05) is 0 Å². The predicted octanol–water partition coefficient (Wildman–Crippen LogP) is -0.204. The fourth-order valence-corrected chi connectivity index (χ4v) is 2.69. The van der Waals surface area contributed by atoms with E-state index in [2.05, 4.69) is 15.6 Å². The maximum Gasteiger partial charge on any atom is 0.241 e. The highest BCUT2D eigenvalue weighted by Gasteiger charge is 2.31. The molecule has 0 atom stereocenters. The van der Waals surface area contributed by atoms with Gasteiger partial charge in [-0.25, -0.2) is 4.68 Å². The molecule has 1 fully saturated rings. The molecule has 7 nitrogen and oxygen atoms in total. The van der Waals surface area contributed by atoms with Crippen molar-refractivity contribution < 1.29 is 9.90 Å². The Bertz CT molecular complexity index is 440. The van der Waals surface area contributed by atoms with E-state index in [9.17, 15) is 9.90 Å². The standard InChI is InChI=1S/C13H23N5O2/c14-6-11-7-18(17-16-11)8-12(20)15-9-13(10-19)4-2-1-3-5-13/h7,19H,1-6,8-10,14H2,(H,15,20). The number of hydrogen-bond acceptors (Lipinski definition) is 5. The van der Waals surface area contributed by atoms with Crippen LogP contribution < -0.4 is 11.1 Å². The molecule has 1 saturated carbocycles. The molecule has 2 rings (SSSR count). The van der Waals surface area contributed by atoms with E-state index in [1.165, 1.54) is 11.1 Å². The van der Waals surface area contributed by atoms with Gasteiger partial charge in [0.05, 0.1) is 18.5 Å². The molecule has 7 heteroatoms. The first kappa shape index (κ1) is 14.9. The maximum atomic E-state index is 11.9. The number of nitrogens with two attached hydrogens (primary N) is 1. The van der Waals surface area contributed by atoms with Gasteiger partial charge >= 0.3 is 0 Å². The zero-order chi connectivity index (χ0) is 14.4. The molecule has 0 radical (unpaired) electrons. The van der Waals surface area contributed by atoms with Gasteiger partial charge in [-0.3, -0.25) is 4.79 Å². The lowest BCUT2D eigenvalue weighted by Crippen LogP contribution is -2.42. The number of amides is 1. The molecule has 1 heterocycles. The second-order valence-corrected chi connectivity index (χ2v) is 5.61. The van der Waals surface area contributed by atoms with E-state index in [4.69, 9.17) is 5.73 Å². The molecule has 0 spiro atoms. The number of aliphatic hydroxyl groups is 1. The highest BCUT2D eigenvalue weighted by molar-refractivity contribution is 5.75. The van der Waals surface area contributed by atoms with Gasteiger partial charge in [-0.15, -0.1) is 5.10 Å². The minimum Gasteiger partial charge on any atom is -0.396 e. The first-order chi connectivity index (χ1) is 9.67. The second kappa shape index (κ2) is 6.81. The molecule has 1 aromatic heterocycles. The lowest BCUT2D eigenvalue weighted by molar-refractivity contribution is -0.122. The Morgan fingerprint density at radius 2 is 2.20 bits per heavy atom. The van der Waals surface area contributed by atoms with Crippen molar-refractivity contribution in [3.63, 3.8) is 0 Å². The normalized spacial score (nSPS) is 17.9. The van der Waals surface area contributed by atoms with E-state index in [1.54, 1.807) is 6.20 Å². The van der Waals surface area contributed by atoms with Gasteiger partial charge in [0.1, 0.15) is 6.54 Å². The summed E-state index contributed by atoms with van der Waals surface area (Å²) in [5.74, 6) is -0.114. The molecule has 1 amide bonds. The van der Waals surface area contributed by atoms with Gasteiger partial charge in [-0.05, 0) is 12.8 Å². The number of carbonyl (C=O) groups excluding carboxylic acids is 1. The van der Waals surface area contributed by atoms with Gasteiger partial charge in [-0.2, -0.15) is 0 Å². The molecule has 0 aliphatic heterocycles. The fraction of sp³-hybridized carbons (Fsp3) is 0.769. The summed E-state index contributed by atoms with van der Waals surface area (Å²) in [6.07, 6.45) is 7.09. The molecule has 0 bridgehead atoms. The molecule has 4 N–H and O–H groups in total. The molecule has 0 aromatic carbocycles. The third-order valence-corrected chi connectivity index (χ3v) is 4.01. The molecule has 1 aliphatic carbocycles. The van der Waals surface area contributed by atoms with Crippen molar-refractivity contribution >= 4 is 5.91 Å². The Labute approximate surface area is 118 Å². The maximum absolute atomic E-state index is 11.9. The van der Waals surface area contributed by atoms with Crippen LogP contribution in [0.5, 0.6) is 0 Å². The summed E-state index contributed by atoms with van der Waals surface area (Å²) in [6.45, 7) is 1.11. The summed E-state index contributed by atoms with van der Waals surface area (Å²) in [5, 5.41) is 20.2. The Hall–Kier alpha value is -1.47. The molecule has 112 valence electrons. The van der Waals surface area contributed by atoms with Crippen LogP contribution in [-0.4, -0.2) is 39.2 Å². The molecule has 0 unspecified atom stereocenters. The van der Waals surface area contributed by atoms with Gasteiger partial charge in [0.25, 0.3) is 0 Å². The largest absolute Gasteiger partial charge is 0.396 e. The lowest BCUT2D eigenvalue weighted by Gasteiger charge is -2.35. The average molecular weight is 281 g/mol. The molecule has 1 aromatic rings. The van der Waals surface area contributed by atoms with Crippen LogP contribution in [0.15, 0.2) is 6.20 Å². The third-order valence-electron chi connectivity index (χ3n) is 4.01. The van der Waals surface area contributed by atoms with Crippen molar-refractivity contribution in [3.05, 3.63) is 11.9 Å². The number of nitrogens with zero attached hydrogens (tertiary/aromatic N) is 3. The molecule has 20 heavy (non-hydrogen) atoms. The Morgan fingerprint density at radius 3 is 2.80 bits per heavy atom. The smallest absolute Gasteiger partial charge is 0.241 e. The van der Waals surface area contributed by atoms with Crippen LogP contribution in [0.3, 0.4) is 0 Å². The Balaban J connectivity index is 1.81. The van der Waals surface area contributed by atoms with Crippen LogP contribution in [0.4, 0.5) is 0 Å². The van der Waals surface area contributed by atoms with Crippen LogP contribution in [-0.2, 0) is 17.9 Å². The first-order valence-corrected chi connectivity index (χ1v) is 7.14. The van der Waals surface area contributed by atoms with Crippen LogP contribution in [0, 0.1) is 5.41 Å². The van der Waals surface area contributed by atoms with Crippen molar-refractivity contribution in [3.8, 4) is 0 Å². The number of aromatic nitrogens is 3. The van der Waals surface area contributed by atoms with Crippen molar-refractivity contribution in [2.75, 3.05) is 13.2 Å². The van der Waals surface area contributed by atoms with Gasteiger partial charge < -0.3 is 16.2 Å². The summed E-state index contributed by atoms with van der Waals surface area (Å²) in [6, 6.07) is 0. The molecule has 1 aliphatic rings. The van der Waals surface area contributed by atoms with Crippen molar-refractivity contribution in [2.24, 2.45) is 11.1 Å². The Morgan fingerprint density at radius 1 is 1.45 bits per heavy atom. The van der Waals surface area contributed by atoms with E-state index in [-0.39, 0.29) is 24.5 Å². The number of nitrogens with one attached hydrogen (secondary N) is 1. The fourth-order valence-electron chi connectivity index (χ4n) is 2.69. The van der Waals surface area contributed by atoms with E-state index in [0.29, 0.717) is 18.8 Å². The zero-order valence-electron chi connectivity index (χ0n) is 11.7. The summed E-state index contributed by atoms with van der Waals surface area (Å²) < 4.78 is 1.48. The summed E-state index contributed by atoms with van der Waals surface area (Å²) in [7, 11) is 0. The summed E-state index contributed by atoms with van der Waals surface area (Å²) in [4.78, 5) is 11.9. The second-order valence-electron chi connectivity index (χ2n) is 5.61. The van der Waals surface area contributed by atoms with Gasteiger partial charge in [0.2, 0.25) is 5.91 Å². The van der Waals surface area contributed by atoms with E-state index >= 15 is 0 Å². The molecule has 0 saturated heterocycles. The number of hydrogen-bond donors (Lipinski definition) is 3. The van der Waals surface area contributed by atoms with Gasteiger partial charge in [0, 0.05) is 18.5 Å².